The van der Waals surface area contributed by atoms with Crippen LogP contribution >= 0.6 is 0 Å². The molecule has 6 nitrogen and oxygen atoms in total. The zero-order chi connectivity index (χ0) is 23.4. The van der Waals surface area contributed by atoms with E-state index >= 15 is 0 Å². The number of nitrogens with zero attached hydrogens (tertiary/aromatic N) is 4. The van der Waals surface area contributed by atoms with Crippen LogP contribution in [0.5, 0.6) is 0 Å². The van der Waals surface area contributed by atoms with Crippen LogP contribution in [0.4, 0.5) is 4.79 Å². The van der Waals surface area contributed by atoms with Crippen molar-refractivity contribution in [3.63, 3.8) is 0 Å². The van der Waals surface area contributed by atoms with Crippen molar-refractivity contribution in [1.82, 2.24) is 19.6 Å². The van der Waals surface area contributed by atoms with Gasteiger partial charge in [-0.1, -0.05) is 39.8 Å². The predicted molar refractivity (Wildman–Crippen MR) is 130 cm³/mol. The summed E-state index contributed by atoms with van der Waals surface area (Å²) in [6, 6.07) is 6.48. The maximum Gasteiger partial charge on any atom is 0.412 e. The average Bonchev–Trinajstić information content (AvgIpc) is 3.12. The number of hydrogen-bond donors (Lipinski definition) is 1. The first-order chi connectivity index (χ1) is 14.9. The number of benzene rings is 1. The van der Waals surface area contributed by atoms with E-state index < -0.39 is 6.09 Å². The number of hydrogen-bond acceptors (Lipinski definition) is 3. The Morgan fingerprint density at radius 1 is 1.25 bits per heavy atom. The highest BCUT2D eigenvalue weighted by Crippen LogP contribution is 2.41. The van der Waals surface area contributed by atoms with E-state index in [0.29, 0.717) is 6.04 Å². The van der Waals surface area contributed by atoms with Crippen LogP contribution in [0.2, 0.25) is 0 Å². The first-order valence-corrected chi connectivity index (χ1v) is 11.8. The number of carbonyl (C=O) groups is 1. The van der Waals surface area contributed by atoms with Gasteiger partial charge >= 0.3 is 6.09 Å². The SMILES string of the molecule is C[C@H]1CC=C(c2ccc3nn(C4CCN(C)C(C)(C)C4)cc3c2)N(C(=O)O)C1C(C)(C)C. The molecular formula is C26H38N4O2. The third-order valence-corrected chi connectivity index (χ3v) is 7.61. The van der Waals surface area contributed by atoms with Crippen LogP contribution in [0.25, 0.3) is 16.6 Å². The molecule has 4 rings (SSSR count). The third kappa shape index (κ3) is 4.05. The first kappa shape index (κ1) is 22.8. The standard InChI is InChI=1S/C26H38N4O2/c1-17-8-11-22(30(24(31)32)23(17)25(2,3)4)18-9-10-21-19(14-18)16-29(27-21)20-12-13-28(7)26(5,6)15-20/h9-11,14,16-17,20,23H,8,12-13,15H2,1-7H3,(H,31,32)/t17-,20?,23?/m0/s1. The summed E-state index contributed by atoms with van der Waals surface area (Å²) in [6.45, 7) is 14.2. The minimum absolute atomic E-state index is 0.0696. The molecule has 0 radical (unpaired) electrons. The van der Waals surface area contributed by atoms with Crippen LogP contribution in [-0.4, -0.2) is 56.0 Å². The number of amides is 1. The summed E-state index contributed by atoms with van der Waals surface area (Å²) in [4.78, 5) is 16.4. The van der Waals surface area contributed by atoms with Gasteiger partial charge in [0.2, 0.25) is 0 Å². The Bertz CT molecular complexity index is 1050. The Labute approximate surface area is 191 Å². The fraction of sp³-hybridized carbons (Fsp3) is 0.615. The van der Waals surface area contributed by atoms with Gasteiger partial charge in [-0.2, -0.15) is 5.10 Å². The Morgan fingerprint density at radius 3 is 2.59 bits per heavy atom. The fourth-order valence-electron chi connectivity index (χ4n) is 5.75. The van der Waals surface area contributed by atoms with Crippen LogP contribution in [0.1, 0.15) is 72.4 Å². The molecule has 3 atom stereocenters. The number of likely N-dealkylation sites (tertiary alicyclic amines) is 1. The van der Waals surface area contributed by atoms with E-state index in [-0.39, 0.29) is 22.9 Å². The van der Waals surface area contributed by atoms with E-state index in [1.807, 2.05) is 12.1 Å². The molecule has 2 aliphatic heterocycles. The zero-order valence-corrected chi connectivity index (χ0v) is 20.6. The maximum atomic E-state index is 12.4. The van der Waals surface area contributed by atoms with E-state index in [2.05, 4.69) is 76.5 Å². The molecule has 1 fully saturated rings. The third-order valence-electron chi connectivity index (χ3n) is 7.61. The number of aromatic nitrogens is 2. The zero-order valence-electron chi connectivity index (χ0n) is 20.6. The van der Waals surface area contributed by atoms with Crippen molar-refractivity contribution in [2.75, 3.05) is 13.6 Å². The second kappa shape index (κ2) is 7.91. The van der Waals surface area contributed by atoms with Gasteiger partial charge in [-0.15, -0.1) is 0 Å². The minimum atomic E-state index is -0.882. The van der Waals surface area contributed by atoms with E-state index in [1.165, 1.54) is 0 Å². The highest BCUT2D eigenvalue weighted by atomic mass is 16.4. The summed E-state index contributed by atoms with van der Waals surface area (Å²) in [5.41, 5.74) is 2.71. The van der Waals surface area contributed by atoms with Crippen molar-refractivity contribution in [2.24, 2.45) is 11.3 Å². The van der Waals surface area contributed by atoms with E-state index in [9.17, 15) is 9.90 Å². The van der Waals surface area contributed by atoms with Crippen LogP contribution in [0.3, 0.4) is 0 Å². The lowest BCUT2D eigenvalue weighted by atomic mass is 9.75. The van der Waals surface area contributed by atoms with Crippen molar-refractivity contribution in [3.8, 4) is 0 Å². The van der Waals surface area contributed by atoms with Gasteiger partial charge in [0.15, 0.2) is 0 Å². The molecule has 174 valence electrons. The largest absolute Gasteiger partial charge is 0.465 e. The van der Waals surface area contributed by atoms with Crippen LogP contribution in [-0.2, 0) is 0 Å². The lowest BCUT2D eigenvalue weighted by Crippen LogP contribution is -2.51. The van der Waals surface area contributed by atoms with E-state index in [1.54, 1.807) is 4.90 Å². The monoisotopic (exact) mass is 438 g/mol. The molecule has 2 aromatic rings. The smallest absolute Gasteiger partial charge is 0.412 e. The highest BCUT2D eigenvalue weighted by Gasteiger charge is 2.41. The number of piperidine rings is 1. The molecule has 2 aliphatic rings. The second-order valence-electron chi connectivity index (χ2n) is 11.5. The maximum absolute atomic E-state index is 12.4. The van der Waals surface area contributed by atoms with Gasteiger partial charge in [-0.25, -0.2) is 4.79 Å². The topological polar surface area (TPSA) is 61.6 Å². The summed E-state index contributed by atoms with van der Waals surface area (Å²) in [7, 11) is 2.19. The molecule has 1 aromatic carbocycles. The lowest BCUT2D eigenvalue weighted by molar-refractivity contribution is 0.0721. The summed E-state index contributed by atoms with van der Waals surface area (Å²) >= 11 is 0. The Balaban J connectivity index is 1.69. The quantitative estimate of drug-likeness (QED) is 0.638. The molecule has 0 spiro atoms. The van der Waals surface area contributed by atoms with Crippen LogP contribution < -0.4 is 0 Å². The number of allylic oxidation sites excluding steroid dienone is 1. The predicted octanol–water partition coefficient (Wildman–Crippen LogP) is 5.86. The molecule has 1 N–H and O–H groups in total. The van der Waals surface area contributed by atoms with Crippen LogP contribution in [0, 0.1) is 11.3 Å². The van der Waals surface area contributed by atoms with E-state index in [4.69, 9.17) is 5.10 Å². The van der Waals surface area contributed by atoms with Gasteiger partial charge in [0.05, 0.1) is 17.3 Å². The second-order valence-corrected chi connectivity index (χ2v) is 11.5. The number of fused-ring (bicyclic) bond motifs is 1. The molecule has 1 aromatic heterocycles. The molecule has 1 saturated heterocycles. The normalized spacial score (nSPS) is 26.9. The number of carboxylic acid groups (broad SMARTS) is 1. The van der Waals surface area contributed by atoms with Gasteiger partial charge in [0.25, 0.3) is 0 Å². The van der Waals surface area contributed by atoms with Gasteiger partial charge < -0.3 is 10.0 Å². The fourth-order valence-corrected chi connectivity index (χ4v) is 5.75. The molecule has 2 unspecified atom stereocenters. The molecule has 1 amide bonds. The molecule has 0 aliphatic carbocycles. The van der Waals surface area contributed by atoms with Gasteiger partial charge in [-0.05, 0) is 69.2 Å². The Hall–Kier alpha value is -2.34. The summed E-state index contributed by atoms with van der Waals surface area (Å²) in [6.07, 6.45) is 6.38. The van der Waals surface area contributed by atoms with Crippen molar-refractivity contribution in [3.05, 3.63) is 36.0 Å². The number of rotatable bonds is 2. The van der Waals surface area contributed by atoms with Gasteiger partial charge in [0, 0.05) is 29.7 Å². The highest BCUT2D eigenvalue weighted by molar-refractivity contribution is 5.87. The van der Waals surface area contributed by atoms with Gasteiger partial charge in [0.1, 0.15) is 0 Å². The van der Waals surface area contributed by atoms with Crippen molar-refractivity contribution >= 4 is 22.7 Å². The molecular weight excluding hydrogens is 400 g/mol. The minimum Gasteiger partial charge on any atom is -0.465 e. The lowest BCUT2D eigenvalue weighted by Gasteiger charge is -2.45. The molecule has 0 saturated carbocycles. The molecule has 32 heavy (non-hydrogen) atoms. The first-order valence-electron chi connectivity index (χ1n) is 11.8. The van der Waals surface area contributed by atoms with Crippen molar-refractivity contribution < 1.29 is 9.90 Å². The Morgan fingerprint density at radius 2 is 1.97 bits per heavy atom. The summed E-state index contributed by atoms with van der Waals surface area (Å²) < 4.78 is 2.13. The Kier molecular flexibility index (Phi) is 5.64. The van der Waals surface area contributed by atoms with Crippen molar-refractivity contribution in [1.29, 1.82) is 0 Å². The summed E-state index contributed by atoms with van der Waals surface area (Å²) in [5.74, 6) is 0.272. The van der Waals surface area contributed by atoms with E-state index in [0.717, 1.165) is 48.0 Å². The van der Waals surface area contributed by atoms with Crippen molar-refractivity contribution in [2.45, 2.75) is 78.4 Å². The molecule has 0 bridgehead atoms. The van der Waals surface area contributed by atoms with Gasteiger partial charge in [-0.3, -0.25) is 9.58 Å². The average molecular weight is 439 g/mol. The molecule has 3 heterocycles. The molecule has 6 heteroatoms. The van der Waals surface area contributed by atoms with Crippen LogP contribution in [0.15, 0.2) is 30.5 Å². The summed E-state index contributed by atoms with van der Waals surface area (Å²) in [5, 5.41) is 16.1.